The van der Waals surface area contributed by atoms with Crippen molar-refractivity contribution in [2.45, 2.75) is 6.42 Å². The third-order valence-electron chi connectivity index (χ3n) is 2.59. The van der Waals surface area contributed by atoms with Gasteiger partial charge in [0.15, 0.2) is 0 Å². The highest BCUT2D eigenvalue weighted by Gasteiger charge is 2.04. The Labute approximate surface area is 135 Å². The van der Waals surface area contributed by atoms with Crippen LogP contribution in [0.1, 0.15) is 12.2 Å². The highest BCUT2D eigenvalue weighted by atomic mass is 79.9. The Balaban J connectivity index is 1.68. The number of nitrogens with zero attached hydrogens (tertiary/aromatic N) is 1. The van der Waals surface area contributed by atoms with E-state index in [1.165, 1.54) is 12.3 Å². The number of pyridine rings is 1. The zero-order chi connectivity index (χ0) is 15.8. The van der Waals surface area contributed by atoms with Gasteiger partial charge in [0.05, 0.1) is 6.26 Å². The van der Waals surface area contributed by atoms with Crippen LogP contribution >= 0.6 is 15.9 Å². The SMILES string of the molecule is O=C(/C=C/c1ccco1)NCCC(=O)Nc1ccc(Br)cn1. The number of carbonyl (C=O) groups is 2. The quantitative estimate of drug-likeness (QED) is 0.772. The molecule has 2 N–H and O–H groups in total. The lowest BCUT2D eigenvalue weighted by Gasteiger charge is -2.04. The van der Waals surface area contributed by atoms with E-state index >= 15 is 0 Å². The van der Waals surface area contributed by atoms with Gasteiger partial charge in [0.2, 0.25) is 11.8 Å². The van der Waals surface area contributed by atoms with Crippen molar-refractivity contribution in [3.8, 4) is 0 Å². The highest BCUT2D eigenvalue weighted by molar-refractivity contribution is 9.10. The summed E-state index contributed by atoms with van der Waals surface area (Å²) < 4.78 is 5.89. The molecule has 114 valence electrons. The van der Waals surface area contributed by atoms with Gasteiger partial charge in [-0.3, -0.25) is 9.59 Å². The van der Waals surface area contributed by atoms with Gasteiger partial charge >= 0.3 is 0 Å². The van der Waals surface area contributed by atoms with E-state index in [0.717, 1.165) is 4.47 Å². The Morgan fingerprint density at radius 2 is 2.18 bits per heavy atom. The zero-order valence-electron chi connectivity index (χ0n) is 11.6. The zero-order valence-corrected chi connectivity index (χ0v) is 13.2. The Morgan fingerprint density at radius 3 is 2.86 bits per heavy atom. The second kappa shape index (κ2) is 8.14. The molecule has 0 fully saturated rings. The molecule has 0 aromatic carbocycles. The first kappa shape index (κ1) is 16.0. The van der Waals surface area contributed by atoms with Crippen molar-refractivity contribution in [2.75, 3.05) is 11.9 Å². The summed E-state index contributed by atoms with van der Waals surface area (Å²) >= 11 is 3.26. The van der Waals surface area contributed by atoms with Crippen molar-refractivity contribution in [3.63, 3.8) is 0 Å². The van der Waals surface area contributed by atoms with Crippen molar-refractivity contribution in [1.82, 2.24) is 10.3 Å². The molecule has 0 saturated heterocycles. The fourth-order valence-corrected chi connectivity index (χ4v) is 1.79. The van der Waals surface area contributed by atoms with Crippen LogP contribution in [-0.2, 0) is 9.59 Å². The first-order valence-electron chi connectivity index (χ1n) is 6.54. The van der Waals surface area contributed by atoms with E-state index in [0.29, 0.717) is 11.6 Å². The second-order valence-corrected chi connectivity index (χ2v) is 5.22. The lowest BCUT2D eigenvalue weighted by molar-refractivity contribution is -0.117. The molecule has 0 spiro atoms. The maximum atomic E-state index is 11.7. The number of halogens is 1. The van der Waals surface area contributed by atoms with Crippen molar-refractivity contribution in [1.29, 1.82) is 0 Å². The third-order valence-corrected chi connectivity index (χ3v) is 3.06. The van der Waals surface area contributed by atoms with E-state index in [1.54, 1.807) is 36.5 Å². The Kier molecular flexibility index (Phi) is 5.91. The van der Waals surface area contributed by atoms with Crippen molar-refractivity contribution < 1.29 is 14.0 Å². The maximum Gasteiger partial charge on any atom is 0.244 e. The van der Waals surface area contributed by atoms with E-state index in [2.05, 4.69) is 31.5 Å². The number of rotatable bonds is 6. The summed E-state index contributed by atoms with van der Waals surface area (Å²) in [5.41, 5.74) is 0. The van der Waals surface area contributed by atoms with Crippen LogP contribution in [0.25, 0.3) is 6.08 Å². The van der Waals surface area contributed by atoms with Crippen LogP contribution in [0.4, 0.5) is 5.82 Å². The van der Waals surface area contributed by atoms with Crippen LogP contribution < -0.4 is 10.6 Å². The van der Waals surface area contributed by atoms with E-state index in [1.807, 2.05) is 0 Å². The fraction of sp³-hybridized carbons (Fsp3) is 0.133. The molecule has 0 aliphatic heterocycles. The molecule has 7 heteroatoms. The van der Waals surface area contributed by atoms with Gasteiger partial charge in [-0.2, -0.15) is 0 Å². The minimum absolute atomic E-state index is 0.165. The molecule has 0 aliphatic rings. The summed E-state index contributed by atoms with van der Waals surface area (Å²) in [6.07, 6.45) is 6.20. The molecular weight excluding hydrogens is 350 g/mol. The number of aromatic nitrogens is 1. The topological polar surface area (TPSA) is 84.2 Å². The maximum absolute atomic E-state index is 11.7. The van der Waals surface area contributed by atoms with Crippen LogP contribution in [0.2, 0.25) is 0 Å². The molecule has 2 heterocycles. The van der Waals surface area contributed by atoms with Gasteiger partial charge in [0, 0.05) is 29.7 Å². The first-order chi connectivity index (χ1) is 10.6. The minimum Gasteiger partial charge on any atom is -0.465 e. The van der Waals surface area contributed by atoms with Gasteiger partial charge in [-0.1, -0.05) is 0 Å². The van der Waals surface area contributed by atoms with Gasteiger partial charge in [-0.15, -0.1) is 0 Å². The lowest BCUT2D eigenvalue weighted by Crippen LogP contribution is -2.26. The lowest BCUT2D eigenvalue weighted by atomic mass is 10.3. The molecule has 0 saturated carbocycles. The molecule has 6 nitrogen and oxygen atoms in total. The number of amides is 2. The number of hydrogen-bond acceptors (Lipinski definition) is 4. The van der Waals surface area contributed by atoms with Gasteiger partial charge in [-0.05, 0) is 46.3 Å². The van der Waals surface area contributed by atoms with E-state index in [4.69, 9.17) is 4.42 Å². The average molecular weight is 364 g/mol. The summed E-state index contributed by atoms with van der Waals surface area (Å²) in [7, 11) is 0. The smallest absolute Gasteiger partial charge is 0.244 e. The Morgan fingerprint density at radius 1 is 1.32 bits per heavy atom. The molecule has 0 bridgehead atoms. The summed E-state index contributed by atoms with van der Waals surface area (Å²) in [6.45, 7) is 0.240. The predicted molar refractivity (Wildman–Crippen MR) is 85.9 cm³/mol. The van der Waals surface area contributed by atoms with Gasteiger partial charge < -0.3 is 15.1 Å². The molecule has 2 rings (SSSR count). The predicted octanol–water partition coefficient (Wildman–Crippen LogP) is 2.60. The van der Waals surface area contributed by atoms with Crippen LogP contribution in [-0.4, -0.2) is 23.3 Å². The molecule has 0 unspecified atom stereocenters. The molecule has 0 aliphatic carbocycles. The van der Waals surface area contributed by atoms with E-state index < -0.39 is 0 Å². The number of anilines is 1. The first-order valence-corrected chi connectivity index (χ1v) is 7.33. The van der Waals surface area contributed by atoms with Gasteiger partial charge in [-0.25, -0.2) is 4.98 Å². The largest absolute Gasteiger partial charge is 0.465 e. The Hall–Kier alpha value is -2.41. The standard InChI is InChI=1S/C15H14BrN3O3/c16-11-3-5-13(18-10-11)19-15(21)7-8-17-14(20)6-4-12-2-1-9-22-12/h1-6,9-10H,7-8H2,(H,17,20)(H,18,19,21)/b6-4+. The van der Waals surface area contributed by atoms with E-state index in [9.17, 15) is 9.59 Å². The monoisotopic (exact) mass is 363 g/mol. The molecular formula is C15H14BrN3O3. The van der Waals surface area contributed by atoms with Crippen molar-refractivity contribution >= 4 is 39.6 Å². The average Bonchev–Trinajstić information content (AvgIpc) is 3.01. The highest BCUT2D eigenvalue weighted by Crippen LogP contribution is 2.10. The fourth-order valence-electron chi connectivity index (χ4n) is 1.56. The van der Waals surface area contributed by atoms with Gasteiger partial charge in [0.1, 0.15) is 11.6 Å². The second-order valence-electron chi connectivity index (χ2n) is 4.30. The molecule has 2 aromatic heterocycles. The van der Waals surface area contributed by atoms with Crippen molar-refractivity contribution in [2.24, 2.45) is 0 Å². The molecule has 2 amide bonds. The number of nitrogens with one attached hydrogen (secondary N) is 2. The number of furan rings is 1. The minimum atomic E-state index is -0.286. The third kappa shape index (κ3) is 5.53. The molecule has 2 aromatic rings. The van der Waals surface area contributed by atoms with Gasteiger partial charge in [0.25, 0.3) is 0 Å². The number of hydrogen-bond donors (Lipinski definition) is 2. The van der Waals surface area contributed by atoms with Crippen LogP contribution in [0, 0.1) is 0 Å². The summed E-state index contributed by atoms with van der Waals surface area (Å²) in [5, 5.41) is 5.26. The normalized spacial score (nSPS) is 10.6. The van der Waals surface area contributed by atoms with Crippen LogP contribution in [0.15, 0.2) is 51.7 Å². The van der Waals surface area contributed by atoms with Crippen LogP contribution in [0.3, 0.4) is 0 Å². The van der Waals surface area contributed by atoms with Crippen molar-refractivity contribution in [3.05, 3.63) is 53.0 Å². The number of carbonyl (C=O) groups excluding carboxylic acids is 2. The summed E-state index contributed by atoms with van der Waals surface area (Å²) in [4.78, 5) is 27.2. The molecule has 22 heavy (non-hydrogen) atoms. The van der Waals surface area contributed by atoms with Crippen LogP contribution in [0.5, 0.6) is 0 Å². The Bertz CT molecular complexity index is 651. The summed E-state index contributed by atoms with van der Waals surface area (Å²) in [6, 6.07) is 6.94. The molecule has 0 atom stereocenters. The molecule has 0 radical (unpaired) electrons. The van der Waals surface area contributed by atoms with E-state index in [-0.39, 0.29) is 24.8 Å². The summed E-state index contributed by atoms with van der Waals surface area (Å²) in [5.74, 6) is 0.558.